The Kier molecular flexibility index (Phi) is 1.90. The first kappa shape index (κ1) is 8.22. The lowest BCUT2D eigenvalue weighted by Crippen LogP contribution is -2.34. The van der Waals surface area contributed by atoms with Gasteiger partial charge in [-0.05, 0) is 19.3 Å². The molecule has 0 aromatic carbocycles. The molecule has 4 heteroatoms. The molecule has 2 unspecified atom stereocenters. The van der Waals surface area contributed by atoms with Gasteiger partial charge in [0.05, 0.1) is 17.7 Å². The van der Waals surface area contributed by atoms with Gasteiger partial charge in [-0.25, -0.2) is 3.11 Å². The van der Waals surface area contributed by atoms with E-state index in [0.29, 0.717) is 6.54 Å². The molecule has 2 rings (SSSR count). The summed E-state index contributed by atoms with van der Waals surface area (Å²) in [5.74, 6) is 0. The molecule has 2 atom stereocenters. The maximum Gasteiger partial charge on any atom is 0.0813 e. The predicted octanol–water partition coefficient (Wildman–Crippen LogP) is 0.297. The molecule has 2 N–H and O–H groups in total. The molecule has 0 bridgehead atoms. The standard InChI is InChI=1S/C7H12INO2/c8-9-4-5(10)3-6(9)7(11)1-2-7/h5-6,10-11H,1-4H2. The number of rotatable bonds is 1. The highest BCUT2D eigenvalue weighted by Gasteiger charge is 2.52. The summed E-state index contributed by atoms with van der Waals surface area (Å²) in [6.07, 6.45) is 2.31. The van der Waals surface area contributed by atoms with E-state index in [0.717, 1.165) is 19.3 Å². The van der Waals surface area contributed by atoms with Crippen molar-refractivity contribution in [1.29, 1.82) is 0 Å². The second-order valence-corrected chi connectivity index (χ2v) is 4.83. The van der Waals surface area contributed by atoms with Gasteiger partial charge in [-0.2, -0.15) is 0 Å². The molecule has 0 aromatic rings. The minimum absolute atomic E-state index is 0.193. The van der Waals surface area contributed by atoms with E-state index >= 15 is 0 Å². The summed E-state index contributed by atoms with van der Waals surface area (Å²) < 4.78 is 2.04. The van der Waals surface area contributed by atoms with Gasteiger partial charge in [-0.15, -0.1) is 0 Å². The third-order valence-electron chi connectivity index (χ3n) is 2.60. The molecule has 1 aliphatic carbocycles. The van der Waals surface area contributed by atoms with Crippen molar-refractivity contribution in [1.82, 2.24) is 3.11 Å². The smallest absolute Gasteiger partial charge is 0.0813 e. The van der Waals surface area contributed by atoms with E-state index in [2.05, 4.69) is 22.9 Å². The van der Waals surface area contributed by atoms with Crippen molar-refractivity contribution >= 4 is 22.9 Å². The van der Waals surface area contributed by atoms with Crippen LogP contribution in [0.1, 0.15) is 19.3 Å². The Balaban J connectivity index is 2.04. The maximum atomic E-state index is 9.76. The van der Waals surface area contributed by atoms with Gasteiger partial charge >= 0.3 is 0 Å². The zero-order chi connectivity index (χ0) is 8.06. The number of β-amino-alcohol motifs (C(OH)–C–C–N with tert-alkyl or cyclic N) is 1. The molecular weight excluding hydrogens is 257 g/mol. The number of aliphatic hydroxyl groups is 2. The van der Waals surface area contributed by atoms with Crippen molar-refractivity contribution in [2.24, 2.45) is 0 Å². The molecule has 2 aliphatic rings. The SMILES string of the molecule is OC1CC(C2(O)CC2)N(I)C1. The van der Waals surface area contributed by atoms with Crippen LogP contribution in [0.2, 0.25) is 0 Å². The summed E-state index contributed by atoms with van der Waals surface area (Å²) in [4.78, 5) is 0. The first-order chi connectivity index (χ1) is 5.12. The number of halogens is 1. The third-order valence-corrected chi connectivity index (χ3v) is 3.67. The molecule has 64 valence electrons. The highest BCUT2D eigenvalue weighted by molar-refractivity contribution is 14.1. The Hall–Kier alpha value is 0.610. The lowest BCUT2D eigenvalue weighted by molar-refractivity contribution is 0.0875. The van der Waals surface area contributed by atoms with Crippen LogP contribution in [-0.2, 0) is 0 Å². The molecule has 0 radical (unpaired) electrons. The highest BCUT2D eigenvalue weighted by atomic mass is 127. The average molecular weight is 269 g/mol. The molecule has 0 aromatic heterocycles. The fraction of sp³-hybridized carbons (Fsp3) is 1.00. The van der Waals surface area contributed by atoms with Gasteiger partial charge in [0.2, 0.25) is 0 Å². The summed E-state index contributed by atoms with van der Waals surface area (Å²) in [5, 5.41) is 19.1. The maximum absolute atomic E-state index is 9.76. The minimum Gasteiger partial charge on any atom is -0.392 e. The van der Waals surface area contributed by atoms with Crippen molar-refractivity contribution in [3.8, 4) is 0 Å². The molecule has 2 fully saturated rings. The Morgan fingerprint density at radius 1 is 1.45 bits per heavy atom. The van der Waals surface area contributed by atoms with Crippen LogP contribution in [-0.4, -0.2) is 37.6 Å². The summed E-state index contributed by atoms with van der Waals surface area (Å²) in [5.41, 5.74) is -0.460. The fourth-order valence-electron chi connectivity index (χ4n) is 1.72. The van der Waals surface area contributed by atoms with Crippen LogP contribution in [0.4, 0.5) is 0 Å². The lowest BCUT2D eigenvalue weighted by Gasteiger charge is -2.21. The van der Waals surface area contributed by atoms with E-state index in [9.17, 15) is 10.2 Å². The molecule has 1 heterocycles. The number of nitrogens with zero attached hydrogens (tertiary/aromatic N) is 1. The molecule has 1 saturated carbocycles. The minimum atomic E-state index is -0.460. The summed E-state index contributed by atoms with van der Waals surface area (Å²) in [6.45, 7) is 0.702. The first-order valence-corrected chi connectivity index (χ1v) is 4.91. The van der Waals surface area contributed by atoms with E-state index < -0.39 is 5.60 Å². The van der Waals surface area contributed by atoms with Crippen LogP contribution in [0.3, 0.4) is 0 Å². The van der Waals surface area contributed by atoms with Crippen molar-refractivity contribution in [3.63, 3.8) is 0 Å². The van der Waals surface area contributed by atoms with Crippen molar-refractivity contribution < 1.29 is 10.2 Å². The normalized spacial score (nSPS) is 42.8. The summed E-state index contributed by atoms with van der Waals surface area (Å²) >= 11 is 2.19. The van der Waals surface area contributed by atoms with E-state index in [1.54, 1.807) is 0 Å². The first-order valence-electron chi connectivity index (χ1n) is 3.95. The van der Waals surface area contributed by atoms with Gasteiger partial charge in [-0.1, -0.05) is 0 Å². The molecule has 0 amide bonds. The molecule has 1 saturated heterocycles. The highest BCUT2D eigenvalue weighted by Crippen LogP contribution is 2.45. The topological polar surface area (TPSA) is 43.7 Å². The average Bonchev–Trinajstić information content (AvgIpc) is 2.55. The van der Waals surface area contributed by atoms with Gasteiger partial charge in [0.1, 0.15) is 0 Å². The lowest BCUT2D eigenvalue weighted by atomic mass is 10.1. The van der Waals surface area contributed by atoms with Gasteiger partial charge in [-0.3, -0.25) is 0 Å². The van der Waals surface area contributed by atoms with Crippen molar-refractivity contribution in [3.05, 3.63) is 0 Å². The fourth-order valence-corrected chi connectivity index (χ4v) is 2.92. The largest absolute Gasteiger partial charge is 0.392 e. The Morgan fingerprint density at radius 2 is 2.09 bits per heavy atom. The van der Waals surface area contributed by atoms with Crippen LogP contribution >= 0.6 is 22.9 Å². The van der Waals surface area contributed by atoms with Crippen LogP contribution < -0.4 is 0 Å². The molecule has 1 aliphatic heterocycles. The number of aliphatic hydroxyl groups excluding tert-OH is 1. The Morgan fingerprint density at radius 3 is 2.45 bits per heavy atom. The zero-order valence-corrected chi connectivity index (χ0v) is 8.36. The quantitative estimate of drug-likeness (QED) is 0.531. The molecule has 11 heavy (non-hydrogen) atoms. The van der Waals surface area contributed by atoms with Gasteiger partial charge in [0.25, 0.3) is 0 Å². The van der Waals surface area contributed by atoms with E-state index in [4.69, 9.17) is 0 Å². The van der Waals surface area contributed by atoms with Gasteiger partial charge in [0, 0.05) is 29.4 Å². The Labute approximate surface area is 79.9 Å². The Bertz CT molecular complexity index is 172. The zero-order valence-electron chi connectivity index (χ0n) is 6.20. The number of hydrogen-bond donors (Lipinski definition) is 2. The second kappa shape index (κ2) is 2.55. The van der Waals surface area contributed by atoms with Crippen molar-refractivity contribution in [2.75, 3.05) is 6.54 Å². The van der Waals surface area contributed by atoms with Crippen LogP contribution in [0.5, 0.6) is 0 Å². The summed E-state index contributed by atoms with van der Waals surface area (Å²) in [6, 6.07) is 0.193. The van der Waals surface area contributed by atoms with Crippen LogP contribution in [0.15, 0.2) is 0 Å². The van der Waals surface area contributed by atoms with E-state index in [1.165, 1.54) is 0 Å². The van der Waals surface area contributed by atoms with Crippen molar-refractivity contribution in [2.45, 2.75) is 37.0 Å². The monoisotopic (exact) mass is 269 g/mol. The van der Waals surface area contributed by atoms with E-state index in [-0.39, 0.29) is 12.1 Å². The van der Waals surface area contributed by atoms with Crippen LogP contribution in [0, 0.1) is 0 Å². The van der Waals surface area contributed by atoms with Gasteiger partial charge in [0.15, 0.2) is 0 Å². The predicted molar refractivity (Wildman–Crippen MR) is 49.3 cm³/mol. The summed E-state index contributed by atoms with van der Waals surface area (Å²) in [7, 11) is 0. The van der Waals surface area contributed by atoms with Gasteiger partial charge < -0.3 is 10.2 Å². The molecular formula is C7H12INO2. The molecule has 3 nitrogen and oxygen atoms in total. The number of hydrogen-bond acceptors (Lipinski definition) is 3. The molecule has 0 spiro atoms. The third kappa shape index (κ3) is 1.41. The van der Waals surface area contributed by atoms with E-state index in [1.807, 2.05) is 3.11 Å². The second-order valence-electron chi connectivity index (χ2n) is 3.59. The van der Waals surface area contributed by atoms with Crippen LogP contribution in [0.25, 0.3) is 0 Å².